The van der Waals surface area contributed by atoms with Crippen LogP contribution in [-0.2, 0) is 0 Å². The molecule has 5 nitrogen and oxygen atoms in total. The van der Waals surface area contributed by atoms with Crippen LogP contribution in [0.2, 0.25) is 5.02 Å². The van der Waals surface area contributed by atoms with Crippen molar-refractivity contribution >= 4 is 29.0 Å². The fraction of sp³-hybridized carbons (Fsp3) is 0.353. The lowest BCUT2D eigenvalue weighted by molar-refractivity contribution is 0.102. The third-order valence-corrected chi connectivity index (χ3v) is 3.82. The maximum Gasteiger partial charge on any atom is 0.274 e. The third-order valence-electron chi connectivity index (χ3n) is 3.42. The molecule has 0 atom stereocenters. The predicted molar refractivity (Wildman–Crippen MR) is 94.2 cm³/mol. The van der Waals surface area contributed by atoms with Gasteiger partial charge in [0.1, 0.15) is 17.8 Å². The van der Waals surface area contributed by atoms with Crippen LogP contribution in [0.15, 0.2) is 30.6 Å². The topological polar surface area (TPSA) is 66.9 Å². The van der Waals surface area contributed by atoms with Crippen LogP contribution in [0.25, 0.3) is 0 Å². The molecule has 0 aliphatic carbocycles. The van der Waals surface area contributed by atoms with Gasteiger partial charge in [0.05, 0.1) is 0 Å². The van der Waals surface area contributed by atoms with Gasteiger partial charge in [0.25, 0.3) is 5.91 Å². The Bertz CT molecular complexity index is 675. The van der Waals surface area contributed by atoms with Gasteiger partial charge >= 0.3 is 0 Å². The van der Waals surface area contributed by atoms with Gasteiger partial charge in [-0.1, -0.05) is 37.4 Å². The summed E-state index contributed by atoms with van der Waals surface area (Å²) in [5.74, 6) is 0.368. The van der Waals surface area contributed by atoms with E-state index in [-0.39, 0.29) is 5.91 Å². The number of carbonyl (C=O) groups excluding carboxylic acids is 1. The zero-order valence-corrected chi connectivity index (χ0v) is 14.2. The molecule has 1 heterocycles. The Morgan fingerprint density at radius 2 is 2.04 bits per heavy atom. The highest BCUT2D eigenvalue weighted by Gasteiger charge is 2.10. The highest BCUT2D eigenvalue weighted by atomic mass is 35.5. The first-order valence-electron chi connectivity index (χ1n) is 7.73. The van der Waals surface area contributed by atoms with Gasteiger partial charge in [0, 0.05) is 23.3 Å². The average Bonchev–Trinajstić information content (AvgIpc) is 2.55. The van der Waals surface area contributed by atoms with Crippen molar-refractivity contribution in [3.63, 3.8) is 0 Å². The highest BCUT2D eigenvalue weighted by Crippen LogP contribution is 2.20. The van der Waals surface area contributed by atoms with Crippen LogP contribution in [0, 0.1) is 6.92 Å². The second kappa shape index (κ2) is 8.48. The summed E-state index contributed by atoms with van der Waals surface area (Å²) in [6.07, 6.45) is 4.79. The lowest BCUT2D eigenvalue weighted by Gasteiger charge is -2.08. The molecule has 1 aromatic carbocycles. The van der Waals surface area contributed by atoms with E-state index in [4.69, 9.17) is 11.6 Å². The van der Waals surface area contributed by atoms with E-state index in [2.05, 4.69) is 27.5 Å². The molecule has 6 heteroatoms. The normalized spacial score (nSPS) is 10.4. The standard InChI is InChI=1S/C17H21ClN4O/c1-3-4-5-8-19-16-10-15(20-11-21-16)17(23)22-13-7-6-12(2)14(18)9-13/h6-7,9-11H,3-5,8H2,1-2H3,(H,22,23)(H,19,20,21). The molecular weight excluding hydrogens is 312 g/mol. The molecule has 0 aliphatic heterocycles. The Hall–Kier alpha value is -2.14. The van der Waals surface area contributed by atoms with E-state index in [1.807, 2.05) is 19.1 Å². The number of unbranched alkanes of at least 4 members (excludes halogenated alkanes) is 2. The van der Waals surface area contributed by atoms with Crippen LogP contribution < -0.4 is 10.6 Å². The van der Waals surface area contributed by atoms with E-state index >= 15 is 0 Å². The average molecular weight is 333 g/mol. The van der Waals surface area contributed by atoms with E-state index in [0.717, 1.165) is 24.9 Å². The summed E-state index contributed by atoms with van der Waals surface area (Å²) in [7, 11) is 0. The molecule has 122 valence electrons. The number of amides is 1. The number of anilines is 2. The number of halogens is 1. The first kappa shape index (κ1) is 17.2. The second-order valence-electron chi connectivity index (χ2n) is 5.34. The number of hydrogen-bond acceptors (Lipinski definition) is 4. The Labute approximate surface area is 141 Å². The molecule has 23 heavy (non-hydrogen) atoms. The van der Waals surface area contributed by atoms with Crippen molar-refractivity contribution in [1.82, 2.24) is 9.97 Å². The summed E-state index contributed by atoms with van der Waals surface area (Å²) >= 11 is 6.06. The number of aromatic nitrogens is 2. The van der Waals surface area contributed by atoms with Gasteiger partial charge < -0.3 is 10.6 Å². The van der Waals surface area contributed by atoms with Crippen LogP contribution in [0.3, 0.4) is 0 Å². The quantitative estimate of drug-likeness (QED) is 0.742. The summed E-state index contributed by atoms with van der Waals surface area (Å²) < 4.78 is 0. The molecule has 0 saturated carbocycles. The Balaban J connectivity index is 2.00. The van der Waals surface area contributed by atoms with Crippen LogP contribution in [-0.4, -0.2) is 22.4 Å². The first-order valence-corrected chi connectivity index (χ1v) is 8.11. The molecule has 0 unspecified atom stereocenters. The summed E-state index contributed by atoms with van der Waals surface area (Å²) in [5, 5.41) is 6.61. The lowest BCUT2D eigenvalue weighted by Crippen LogP contribution is -2.15. The third kappa shape index (κ3) is 5.21. The molecular formula is C17H21ClN4O. The summed E-state index contributed by atoms with van der Waals surface area (Å²) in [4.78, 5) is 20.4. The maximum absolute atomic E-state index is 12.3. The molecule has 2 N–H and O–H groups in total. The molecule has 2 aromatic rings. The SMILES string of the molecule is CCCCCNc1cc(C(=O)Nc2ccc(C)c(Cl)c2)ncn1. The van der Waals surface area contributed by atoms with E-state index in [0.29, 0.717) is 22.2 Å². The minimum absolute atomic E-state index is 0.288. The Morgan fingerprint density at radius 1 is 1.22 bits per heavy atom. The smallest absolute Gasteiger partial charge is 0.274 e. The van der Waals surface area contributed by atoms with Crippen molar-refractivity contribution in [2.75, 3.05) is 17.2 Å². The molecule has 0 radical (unpaired) electrons. The summed E-state index contributed by atoms with van der Waals surface area (Å²) in [6.45, 7) is 4.90. The zero-order chi connectivity index (χ0) is 16.7. The molecule has 2 rings (SSSR count). The molecule has 0 saturated heterocycles. The highest BCUT2D eigenvalue weighted by molar-refractivity contribution is 6.31. The molecule has 0 spiro atoms. The molecule has 0 aliphatic rings. The van der Waals surface area contributed by atoms with Gasteiger partial charge in [-0.15, -0.1) is 0 Å². The minimum Gasteiger partial charge on any atom is -0.370 e. The predicted octanol–water partition coefficient (Wildman–Crippen LogP) is 4.29. The van der Waals surface area contributed by atoms with E-state index in [1.165, 1.54) is 12.7 Å². The summed E-state index contributed by atoms with van der Waals surface area (Å²) in [6, 6.07) is 7.04. The number of nitrogens with one attached hydrogen (secondary N) is 2. The van der Waals surface area contributed by atoms with Crippen molar-refractivity contribution in [1.29, 1.82) is 0 Å². The number of hydrogen-bond donors (Lipinski definition) is 2. The summed E-state index contributed by atoms with van der Waals surface area (Å²) in [5.41, 5.74) is 1.92. The molecule has 0 bridgehead atoms. The molecule has 0 fully saturated rings. The van der Waals surface area contributed by atoms with E-state index < -0.39 is 0 Å². The van der Waals surface area contributed by atoms with Gasteiger partial charge in [0.2, 0.25) is 0 Å². The molecule has 1 amide bonds. The fourth-order valence-electron chi connectivity index (χ4n) is 2.04. The van der Waals surface area contributed by atoms with Crippen molar-refractivity contribution in [3.8, 4) is 0 Å². The van der Waals surface area contributed by atoms with E-state index in [1.54, 1.807) is 12.1 Å². The lowest BCUT2D eigenvalue weighted by atomic mass is 10.2. The number of nitrogens with zero attached hydrogens (tertiary/aromatic N) is 2. The van der Waals surface area contributed by atoms with Crippen molar-refractivity contribution in [2.45, 2.75) is 33.1 Å². The van der Waals surface area contributed by atoms with Gasteiger partial charge in [-0.3, -0.25) is 4.79 Å². The monoisotopic (exact) mass is 332 g/mol. The van der Waals surface area contributed by atoms with Crippen LogP contribution in [0.1, 0.15) is 42.2 Å². The van der Waals surface area contributed by atoms with Gasteiger partial charge in [-0.2, -0.15) is 0 Å². The second-order valence-corrected chi connectivity index (χ2v) is 5.75. The molecule has 1 aromatic heterocycles. The van der Waals surface area contributed by atoms with Crippen molar-refractivity contribution < 1.29 is 4.79 Å². The van der Waals surface area contributed by atoms with Gasteiger partial charge in [-0.05, 0) is 31.0 Å². The van der Waals surface area contributed by atoms with Gasteiger partial charge in [0.15, 0.2) is 0 Å². The van der Waals surface area contributed by atoms with Crippen LogP contribution >= 0.6 is 11.6 Å². The number of aryl methyl sites for hydroxylation is 1. The van der Waals surface area contributed by atoms with Crippen molar-refractivity contribution in [2.24, 2.45) is 0 Å². The van der Waals surface area contributed by atoms with E-state index in [9.17, 15) is 4.79 Å². The minimum atomic E-state index is -0.288. The largest absolute Gasteiger partial charge is 0.370 e. The Kier molecular flexibility index (Phi) is 6.35. The number of rotatable bonds is 7. The van der Waals surface area contributed by atoms with Crippen molar-refractivity contribution in [3.05, 3.63) is 46.9 Å². The van der Waals surface area contributed by atoms with Crippen LogP contribution in [0.5, 0.6) is 0 Å². The van der Waals surface area contributed by atoms with Gasteiger partial charge in [-0.25, -0.2) is 9.97 Å². The fourth-order valence-corrected chi connectivity index (χ4v) is 2.22. The van der Waals surface area contributed by atoms with Crippen LogP contribution in [0.4, 0.5) is 11.5 Å². The number of benzene rings is 1. The zero-order valence-electron chi connectivity index (χ0n) is 13.4. The Morgan fingerprint density at radius 3 is 2.78 bits per heavy atom. The maximum atomic E-state index is 12.3. The number of carbonyl (C=O) groups is 1. The first-order chi connectivity index (χ1) is 11.1.